The first-order valence-electron chi connectivity index (χ1n) is 9.60. The molecule has 2 aromatic rings. The maximum atomic E-state index is 6.03. The second-order valence-corrected chi connectivity index (χ2v) is 7.06. The molecular weight excluding hydrogens is 342 g/mol. The van der Waals surface area contributed by atoms with E-state index >= 15 is 0 Å². The number of nitrogens with zero attached hydrogens (tertiary/aromatic N) is 3. The maximum absolute atomic E-state index is 6.03. The van der Waals surface area contributed by atoms with Crippen LogP contribution in [0, 0.1) is 19.8 Å². The first-order valence-corrected chi connectivity index (χ1v) is 9.60. The summed E-state index contributed by atoms with van der Waals surface area (Å²) >= 11 is 0. The summed E-state index contributed by atoms with van der Waals surface area (Å²) in [6.07, 6.45) is 4.22. The van der Waals surface area contributed by atoms with Crippen molar-refractivity contribution in [2.45, 2.75) is 46.1 Å². The Hall–Kier alpha value is -2.57. The molecule has 7 heteroatoms. The average molecular weight is 371 g/mol. The van der Waals surface area contributed by atoms with Crippen molar-refractivity contribution in [3.63, 3.8) is 0 Å². The first-order chi connectivity index (χ1) is 13.1. The Kier molecular flexibility index (Phi) is 6.68. The standard InChI is InChI=1S/C20H29N5O2/c1-14-6-9-17(18(11-14)26-13-16-7-8-16)12-23-20(21-3)22-10-4-5-19-24-15(2)25-27-19/h6,9,11,16H,4-5,7-8,10,12-13H2,1-3H3,(H2,21,22,23). The normalized spacial score (nSPS) is 14.3. The van der Waals surface area contributed by atoms with Gasteiger partial charge in [-0.15, -0.1) is 0 Å². The molecule has 1 fully saturated rings. The molecule has 0 aliphatic heterocycles. The number of ether oxygens (including phenoxy) is 1. The molecule has 1 saturated carbocycles. The van der Waals surface area contributed by atoms with Crippen molar-refractivity contribution in [2.75, 3.05) is 20.2 Å². The second kappa shape index (κ2) is 9.39. The van der Waals surface area contributed by atoms with E-state index in [9.17, 15) is 0 Å². The van der Waals surface area contributed by atoms with Crippen LogP contribution in [0.4, 0.5) is 0 Å². The summed E-state index contributed by atoms with van der Waals surface area (Å²) in [6.45, 7) is 6.18. The van der Waals surface area contributed by atoms with Crippen LogP contribution in [0.1, 0.15) is 42.1 Å². The fourth-order valence-corrected chi connectivity index (χ4v) is 2.72. The molecule has 0 radical (unpaired) electrons. The minimum absolute atomic E-state index is 0.669. The summed E-state index contributed by atoms with van der Waals surface area (Å²) in [6, 6.07) is 6.35. The Morgan fingerprint density at radius 2 is 2.15 bits per heavy atom. The molecule has 3 rings (SSSR count). The molecule has 0 saturated heterocycles. The third-order valence-corrected chi connectivity index (χ3v) is 4.49. The smallest absolute Gasteiger partial charge is 0.226 e. The molecular formula is C20H29N5O2. The minimum Gasteiger partial charge on any atom is -0.493 e. The predicted octanol–water partition coefficient (Wildman–Crippen LogP) is 2.77. The molecule has 0 unspecified atom stereocenters. The van der Waals surface area contributed by atoms with Crippen LogP contribution < -0.4 is 15.4 Å². The lowest BCUT2D eigenvalue weighted by molar-refractivity contribution is 0.296. The number of hydrogen-bond acceptors (Lipinski definition) is 5. The van der Waals surface area contributed by atoms with Gasteiger partial charge in [0.15, 0.2) is 11.8 Å². The van der Waals surface area contributed by atoms with Crippen LogP contribution in [-0.4, -0.2) is 36.3 Å². The lowest BCUT2D eigenvalue weighted by Crippen LogP contribution is -2.37. The van der Waals surface area contributed by atoms with Gasteiger partial charge < -0.3 is 19.9 Å². The molecule has 1 aromatic heterocycles. The number of guanidine groups is 1. The van der Waals surface area contributed by atoms with Crippen LogP contribution in [-0.2, 0) is 13.0 Å². The Morgan fingerprint density at radius 3 is 2.85 bits per heavy atom. The van der Waals surface area contributed by atoms with E-state index in [0.29, 0.717) is 18.3 Å². The monoisotopic (exact) mass is 371 g/mol. The Morgan fingerprint density at radius 1 is 1.30 bits per heavy atom. The number of aromatic nitrogens is 2. The van der Waals surface area contributed by atoms with Crippen molar-refractivity contribution in [1.82, 2.24) is 20.8 Å². The van der Waals surface area contributed by atoms with Crippen molar-refractivity contribution in [3.05, 3.63) is 41.0 Å². The molecule has 0 spiro atoms. The molecule has 7 nitrogen and oxygen atoms in total. The molecule has 1 aliphatic carbocycles. The van der Waals surface area contributed by atoms with Crippen molar-refractivity contribution in [2.24, 2.45) is 10.9 Å². The number of nitrogens with one attached hydrogen (secondary N) is 2. The maximum Gasteiger partial charge on any atom is 0.226 e. The van der Waals surface area contributed by atoms with Gasteiger partial charge >= 0.3 is 0 Å². The second-order valence-electron chi connectivity index (χ2n) is 7.06. The van der Waals surface area contributed by atoms with Gasteiger partial charge in [0, 0.05) is 32.1 Å². The highest BCUT2D eigenvalue weighted by Crippen LogP contribution is 2.30. The van der Waals surface area contributed by atoms with Crippen LogP contribution in [0.3, 0.4) is 0 Å². The highest BCUT2D eigenvalue weighted by atomic mass is 16.5. The quantitative estimate of drug-likeness (QED) is 0.401. The van der Waals surface area contributed by atoms with Gasteiger partial charge in [-0.25, -0.2) is 0 Å². The molecule has 0 bridgehead atoms. The van der Waals surface area contributed by atoms with Crippen molar-refractivity contribution < 1.29 is 9.26 Å². The third-order valence-electron chi connectivity index (χ3n) is 4.49. The SMILES string of the molecule is CN=C(NCCCc1nc(C)no1)NCc1ccc(C)cc1OCC1CC1. The van der Waals surface area contributed by atoms with Crippen molar-refractivity contribution >= 4 is 5.96 Å². The summed E-state index contributed by atoms with van der Waals surface area (Å²) in [5.74, 6) is 3.83. The molecule has 1 aromatic carbocycles. The molecule has 2 N–H and O–H groups in total. The van der Waals surface area contributed by atoms with Crippen molar-refractivity contribution in [3.8, 4) is 5.75 Å². The summed E-state index contributed by atoms with van der Waals surface area (Å²) < 4.78 is 11.2. The first kappa shape index (κ1) is 19.2. The van der Waals surface area contributed by atoms with Crippen LogP contribution in [0.5, 0.6) is 5.75 Å². The van der Waals surface area contributed by atoms with E-state index < -0.39 is 0 Å². The van der Waals surface area contributed by atoms with E-state index in [4.69, 9.17) is 9.26 Å². The Labute approximate surface area is 160 Å². The van der Waals surface area contributed by atoms with E-state index in [-0.39, 0.29) is 0 Å². The third kappa shape index (κ3) is 6.27. The Bertz CT molecular complexity index is 767. The predicted molar refractivity (Wildman–Crippen MR) is 105 cm³/mol. The van der Waals surface area contributed by atoms with Crippen LogP contribution in [0.15, 0.2) is 27.7 Å². The fraction of sp³-hybridized carbons (Fsp3) is 0.550. The highest BCUT2D eigenvalue weighted by Gasteiger charge is 2.22. The van der Waals surface area contributed by atoms with E-state index in [1.807, 2.05) is 6.92 Å². The summed E-state index contributed by atoms with van der Waals surface area (Å²) in [5, 5.41) is 10.5. The van der Waals surface area contributed by atoms with Crippen LogP contribution in [0.25, 0.3) is 0 Å². The van der Waals surface area contributed by atoms with Gasteiger partial charge in [0.05, 0.1) is 6.61 Å². The number of aliphatic imine (C=N–C) groups is 1. The topological polar surface area (TPSA) is 84.6 Å². The average Bonchev–Trinajstić information content (AvgIpc) is 3.40. The number of hydrogen-bond donors (Lipinski definition) is 2. The van der Waals surface area contributed by atoms with Gasteiger partial charge in [-0.2, -0.15) is 4.98 Å². The van der Waals surface area contributed by atoms with E-state index in [1.165, 1.54) is 18.4 Å². The van der Waals surface area contributed by atoms with Gasteiger partial charge in [-0.1, -0.05) is 17.3 Å². The minimum atomic E-state index is 0.669. The molecule has 1 heterocycles. The molecule has 146 valence electrons. The van der Waals surface area contributed by atoms with Gasteiger partial charge in [-0.3, -0.25) is 4.99 Å². The molecule has 0 atom stereocenters. The summed E-state index contributed by atoms with van der Waals surface area (Å²) in [5.41, 5.74) is 2.36. The highest BCUT2D eigenvalue weighted by molar-refractivity contribution is 5.79. The zero-order valence-corrected chi connectivity index (χ0v) is 16.4. The lowest BCUT2D eigenvalue weighted by Gasteiger charge is -2.15. The lowest BCUT2D eigenvalue weighted by atomic mass is 10.1. The summed E-state index contributed by atoms with van der Waals surface area (Å²) in [4.78, 5) is 8.49. The number of aryl methyl sites for hydroxylation is 3. The molecule has 27 heavy (non-hydrogen) atoms. The van der Waals surface area contributed by atoms with Crippen LogP contribution in [0.2, 0.25) is 0 Å². The van der Waals surface area contributed by atoms with Gasteiger partial charge in [0.25, 0.3) is 0 Å². The van der Waals surface area contributed by atoms with Gasteiger partial charge in [0.2, 0.25) is 5.89 Å². The van der Waals surface area contributed by atoms with Crippen LogP contribution >= 0.6 is 0 Å². The molecule has 0 amide bonds. The zero-order chi connectivity index (χ0) is 19.1. The van der Waals surface area contributed by atoms with E-state index in [1.54, 1.807) is 7.05 Å². The van der Waals surface area contributed by atoms with E-state index in [0.717, 1.165) is 49.2 Å². The number of benzene rings is 1. The molecule has 1 aliphatic rings. The largest absolute Gasteiger partial charge is 0.493 e. The number of rotatable bonds is 9. The Balaban J connectivity index is 1.44. The van der Waals surface area contributed by atoms with E-state index in [2.05, 4.69) is 50.9 Å². The van der Waals surface area contributed by atoms with Gasteiger partial charge in [0.1, 0.15) is 5.75 Å². The zero-order valence-electron chi connectivity index (χ0n) is 16.4. The fourth-order valence-electron chi connectivity index (χ4n) is 2.72. The van der Waals surface area contributed by atoms with Crippen molar-refractivity contribution in [1.29, 1.82) is 0 Å². The van der Waals surface area contributed by atoms with Gasteiger partial charge in [-0.05, 0) is 50.7 Å². The summed E-state index contributed by atoms with van der Waals surface area (Å²) in [7, 11) is 1.77.